The van der Waals surface area contributed by atoms with Crippen molar-refractivity contribution in [2.75, 3.05) is 0 Å². The Bertz CT molecular complexity index is 1980. The van der Waals surface area contributed by atoms with Gasteiger partial charge >= 0.3 is 321 Å². The molecule has 0 N–H and O–H groups in total. The van der Waals surface area contributed by atoms with Crippen LogP contribution in [-0.4, -0.2) is 5.92 Å². The van der Waals surface area contributed by atoms with Crippen LogP contribution in [-0.2, 0) is 15.6 Å². The predicted molar refractivity (Wildman–Crippen MR) is 228 cm³/mol. The van der Waals surface area contributed by atoms with Crippen molar-refractivity contribution in [3.05, 3.63) is 128 Å². The second-order valence-electron chi connectivity index (χ2n) is 15.9. The van der Waals surface area contributed by atoms with E-state index in [1.165, 1.54) is 77.9 Å². The number of benzene rings is 4. The molecule has 0 aliphatic heterocycles. The molecule has 4 atom stereocenters. The number of rotatable bonds is 12. The Morgan fingerprint density at radius 1 is 0.588 bits per heavy atom. The summed E-state index contributed by atoms with van der Waals surface area (Å²) in [6, 6.07) is 30.3. The van der Waals surface area contributed by atoms with Crippen molar-refractivity contribution in [3.63, 3.8) is 0 Å². The van der Waals surface area contributed by atoms with Gasteiger partial charge < -0.3 is 0 Å². The van der Waals surface area contributed by atoms with Crippen LogP contribution in [0.4, 0.5) is 0 Å². The van der Waals surface area contributed by atoms with Gasteiger partial charge in [-0.1, -0.05) is 0 Å². The van der Waals surface area contributed by atoms with Crippen LogP contribution in [0, 0.1) is 13.8 Å². The van der Waals surface area contributed by atoms with E-state index in [2.05, 4.69) is 154 Å². The molecule has 0 saturated carbocycles. The van der Waals surface area contributed by atoms with Crippen LogP contribution in [0.2, 0.25) is 12.1 Å². The maximum absolute atomic E-state index is 8.94. The first kappa shape index (κ1) is 38.8. The fourth-order valence-electron chi connectivity index (χ4n) is 9.87. The van der Waals surface area contributed by atoms with E-state index in [4.69, 9.17) is 17.0 Å². The molecule has 51 heavy (non-hydrogen) atoms. The van der Waals surface area contributed by atoms with Crippen molar-refractivity contribution in [2.24, 2.45) is 0 Å². The summed E-state index contributed by atoms with van der Waals surface area (Å²) in [6.07, 6.45) is 8.26. The Kier molecular flexibility index (Phi) is 11.4. The summed E-state index contributed by atoms with van der Waals surface area (Å²) in [7, 11) is 17.9. The zero-order valence-electron chi connectivity index (χ0n) is 32.8. The summed E-state index contributed by atoms with van der Waals surface area (Å²) in [5.74, 6) is -0.538. The third kappa shape index (κ3) is 6.41. The fourth-order valence-corrected chi connectivity index (χ4v) is 63.6. The van der Waals surface area contributed by atoms with Gasteiger partial charge in [0.25, 0.3) is 0 Å². The molecule has 4 unspecified atom stereocenters. The van der Waals surface area contributed by atoms with Crippen molar-refractivity contribution in [1.82, 2.24) is 0 Å². The SMILES string of the molecule is CCC1=Cc2c(-c3ccc(C(C)CC)cc3)ccc(C)c2[CH]1[Zr]([Cl])([Cl])([CH]1C(C)=Cc2c(-c3ccc(C(C)CC)cc3)ccc(C)c21)[SiH](CC)CC. The minimum absolute atomic E-state index is 0.101. The third-order valence-corrected chi connectivity index (χ3v) is 63.2. The van der Waals surface area contributed by atoms with Crippen molar-refractivity contribution < 1.29 is 15.6 Å². The van der Waals surface area contributed by atoms with E-state index >= 15 is 0 Å². The monoisotopic (exact) mass is 811 g/mol. The Morgan fingerprint density at radius 3 is 1.43 bits per heavy atom. The predicted octanol–water partition coefficient (Wildman–Crippen LogP) is 15.4. The zero-order valence-corrected chi connectivity index (χ0v) is 37.9. The molecule has 6 rings (SSSR count). The van der Waals surface area contributed by atoms with Crippen LogP contribution in [0.25, 0.3) is 34.4 Å². The van der Waals surface area contributed by atoms with Gasteiger partial charge in [0, 0.05) is 0 Å². The summed E-state index contributed by atoms with van der Waals surface area (Å²) in [5, 5.41) is 0. The number of hydrogen-bond donors (Lipinski definition) is 0. The first-order valence-corrected chi connectivity index (χ1v) is 35.4. The van der Waals surface area contributed by atoms with Crippen LogP contribution in [0.1, 0.15) is 138 Å². The van der Waals surface area contributed by atoms with Crippen molar-refractivity contribution in [3.8, 4) is 22.3 Å². The molecule has 4 aromatic rings. The van der Waals surface area contributed by atoms with Gasteiger partial charge in [0.05, 0.1) is 0 Å². The Morgan fingerprint density at radius 2 is 1.02 bits per heavy atom. The maximum atomic E-state index is 8.94. The van der Waals surface area contributed by atoms with Gasteiger partial charge in [-0.25, -0.2) is 0 Å². The first-order valence-electron chi connectivity index (χ1n) is 19.8. The normalized spacial score (nSPS) is 18.9. The number of fused-ring (bicyclic) bond motifs is 2. The molecule has 0 aromatic heterocycles. The summed E-state index contributed by atoms with van der Waals surface area (Å²) >= 11 is -4.94. The van der Waals surface area contributed by atoms with Crippen LogP contribution in [0.3, 0.4) is 0 Å². The second kappa shape index (κ2) is 15.1. The van der Waals surface area contributed by atoms with Gasteiger partial charge in [-0.05, 0) is 0 Å². The van der Waals surface area contributed by atoms with Gasteiger partial charge in [0.2, 0.25) is 0 Å². The summed E-state index contributed by atoms with van der Waals surface area (Å²) < 4.78 is 0.215. The molecule has 0 bridgehead atoms. The average molecular weight is 814 g/mol. The molecule has 0 saturated heterocycles. The van der Waals surface area contributed by atoms with Crippen LogP contribution >= 0.6 is 17.0 Å². The standard InChI is InChI=1S/C22H25.C21H23.C4H11Si.2ClH.Zr/c1-5-15(3)18-8-10-19(11-9-18)20-12-7-16(4)21-13-17(6-2)14-22(20)21;1-5-15(3)17-7-9-18(10-8-17)19-11-6-16(4)20-12-14(2)13-21(19)20;1-3-5-4-2;;;/h7-15H,5-6H2,1-4H3;6-13,15H,5H2,1-4H3;5H,3-4H2,1-2H3;2*1H;/q;;;;;+2/p-2. The second-order valence-corrected chi connectivity index (χ2v) is 56.7. The molecular weight excluding hydrogens is 755 g/mol. The van der Waals surface area contributed by atoms with Crippen LogP contribution < -0.4 is 0 Å². The molecule has 0 radical (unpaired) electrons. The Balaban J connectivity index is 1.57. The van der Waals surface area contributed by atoms with Crippen molar-refractivity contribution >= 4 is 35.1 Å². The third-order valence-electron chi connectivity index (χ3n) is 13.2. The van der Waals surface area contributed by atoms with E-state index in [-0.39, 0.29) is 7.25 Å². The van der Waals surface area contributed by atoms with Gasteiger partial charge in [0.15, 0.2) is 0 Å². The van der Waals surface area contributed by atoms with Crippen LogP contribution in [0.5, 0.6) is 0 Å². The number of hydrogen-bond acceptors (Lipinski definition) is 0. The summed E-state index contributed by atoms with van der Waals surface area (Å²) in [5.41, 5.74) is 19.1. The van der Waals surface area contributed by atoms with Crippen molar-refractivity contribution in [2.45, 2.75) is 120 Å². The van der Waals surface area contributed by atoms with Gasteiger partial charge in [-0.2, -0.15) is 0 Å². The zero-order chi connectivity index (χ0) is 36.9. The first-order chi connectivity index (χ1) is 24.3. The Hall–Kier alpha value is -1.96. The Labute approximate surface area is 318 Å². The number of aryl methyl sites for hydroxylation is 2. The van der Waals surface area contributed by atoms with E-state index in [1.54, 1.807) is 0 Å². The summed E-state index contributed by atoms with van der Waals surface area (Å²) in [6.45, 7) is 23.2. The minimum atomic E-state index is -4.94. The molecule has 0 spiro atoms. The van der Waals surface area contributed by atoms with E-state index in [0.717, 1.165) is 31.4 Å². The van der Waals surface area contributed by atoms with E-state index in [9.17, 15) is 0 Å². The van der Waals surface area contributed by atoms with Gasteiger partial charge in [-0.15, -0.1) is 0 Å². The van der Waals surface area contributed by atoms with Gasteiger partial charge in [-0.3, -0.25) is 0 Å². The molecule has 0 fully saturated rings. The molecule has 4 aromatic carbocycles. The van der Waals surface area contributed by atoms with E-state index in [1.807, 2.05) is 0 Å². The quantitative estimate of drug-likeness (QED) is 0.125. The summed E-state index contributed by atoms with van der Waals surface area (Å²) in [4.78, 5) is 0. The molecule has 269 valence electrons. The molecular formula is C47H59Cl2SiZr. The van der Waals surface area contributed by atoms with Gasteiger partial charge in [0.1, 0.15) is 0 Å². The fraction of sp³-hybridized carbons (Fsp3) is 0.404. The van der Waals surface area contributed by atoms with Crippen molar-refractivity contribution in [1.29, 1.82) is 0 Å². The molecule has 2 aliphatic carbocycles. The molecule has 2 aliphatic rings. The average Bonchev–Trinajstić information content (AvgIpc) is 3.73. The molecule has 0 heterocycles. The van der Waals surface area contributed by atoms with E-state index in [0.29, 0.717) is 11.8 Å². The molecule has 0 amide bonds. The van der Waals surface area contributed by atoms with E-state index < -0.39 is 21.5 Å². The number of allylic oxidation sites excluding steroid dienone is 2. The molecule has 0 nitrogen and oxygen atoms in total. The van der Waals surface area contributed by atoms with Crippen LogP contribution in [0.15, 0.2) is 83.9 Å². The number of halogens is 2. The molecule has 4 heteroatoms. The topological polar surface area (TPSA) is 0 Å².